The van der Waals surface area contributed by atoms with Crippen molar-refractivity contribution in [2.45, 2.75) is 38.7 Å². The Hall–Kier alpha value is -3.89. The van der Waals surface area contributed by atoms with E-state index < -0.39 is 11.2 Å². The molecule has 2 aliphatic heterocycles. The van der Waals surface area contributed by atoms with Crippen molar-refractivity contribution in [2.75, 3.05) is 18.5 Å². The predicted octanol–water partition coefficient (Wildman–Crippen LogP) is 6.20. The van der Waals surface area contributed by atoms with Crippen molar-refractivity contribution < 1.29 is 23.4 Å². The highest BCUT2D eigenvalue weighted by Crippen LogP contribution is 2.52. The lowest BCUT2D eigenvalue weighted by atomic mass is 9.69. The van der Waals surface area contributed by atoms with E-state index in [2.05, 4.69) is 15.5 Å². The number of pyridine rings is 1. The Kier molecular flexibility index (Phi) is 6.74. The van der Waals surface area contributed by atoms with E-state index in [0.717, 1.165) is 24.0 Å². The third kappa shape index (κ3) is 4.97. The molecule has 0 radical (unpaired) electrons. The molecule has 6 rings (SSSR count). The molecular weight excluding hydrogens is 519 g/mol. The fourth-order valence-corrected chi connectivity index (χ4v) is 5.56. The molecular formula is C29H27FN4O4S. The van der Waals surface area contributed by atoms with Gasteiger partial charge in [-0.05, 0) is 30.3 Å². The van der Waals surface area contributed by atoms with E-state index >= 15 is 4.39 Å². The van der Waals surface area contributed by atoms with Crippen LogP contribution in [0.3, 0.4) is 0 Å². The number of carbonyl (C=O) groups is 1. The van der Waals surface area contributed by atoms with Crippen molar-refractivity contribution in [3.05, 3.63) is 77.1 Å². The lowest BCUT2D eigenvalue weighted by Crippen LogP contribution is -2.38. The van der Waals surface area contributed by atoms with Crippen LogP contribution in [0.2, 0.25) is 0 Å². The molecule has 0 aliphatic carbocycles. The van der Waals surface area contributed by atoms with Gasteiger partial charge in [-0.15, -0.1) is 10.2 Å². The molecule has 0 unspecified atom stereocenters. The van der Waals surface area contributed by atoms with Crippen LogP contribution in [-0.2, 0) is 9.53 Å². The third-order valence-electron chi connectivity index (χ3n) is 7.21. The molecule has 1 amide bonds. The molecule has 0 bridgehead atoms. The van der Waals surface area contributed by atoms with Gasteiger partial charge in [-0.1, -0.05) is 49.4 Å². The molecule has 1 saturated heterocycles. The maximum atomic E-state index is 15.0. The summed E-state index contributed by atoms with van der Waals surface area (Å²) < 4.78 is 32.5. The number of carbonyl (C=O) groups excluding carboxylic acids is 1. The first-order chi connectivity index (χ1) is 18.9. The summed E-state index contributed by atoms with van der Waals surface area (Å²) in [7, 11) is 0. The van der Waals surface area contributed by atoms with Crippen molar-refractivity contribution in [1.29, 1.82) is 0 Å². The molecule has 0 saturated carbocycles. The largest absolute Gasteiger partial charge is 0.487 e. The van der Waals surface area contributed by atoms with Crippen LogP contribution < -0.4 is 14.8 Å². The topological polar surface area (TPSA) is 95.5 Å². The molecule has 39 heavy (non-hydrogen) atoms. The van der Waals surface area contributed by atoms with E-state index in [-0.39, 0.29) is 23.7 Å². The summed E-state index contributed by atoms with van der Waals surface area (Å²) in [4.78, 5) is 18.2. The van der Waals surface area contributed by atoms with Crippen LogP contribution in [0.15, 0.2) is 60.1 Å². The molecule has 2 aromatic carbocycles. The number of halogens is 1. The maximum absolute atomic E-state index is 15.0. The molecule has 1 fully saturated rings. The molecule has 1 N–H and O–H groups in total. The van der Waals surface area contributed by atoms with Crippen LogP contribution >= 0.6 is 11.3 Å². The molecule has 4 heterocycles. The van der Waals surface area contributed by atoms with Gasteiger partial charge >= 0.3 is 0 Å². The standard InChI is InChI=1S/C29H27FN4O4S/c1-29(2,27(35)33-28-34-31-16-39-28)25-19-5-3-4-6-23(19)38-26-20(25)8-9-22(32-26)17-7-10-24(21(30)15-17)37-18-11-13-36-14-12-18/h3-10,15-16,18,25H,11-14H2,1-2H3,(H,33,34,35)/t25-/m0/s1. The summed E-state index contributed by atoms with van der Waals surface area (Å²) >= 11 is 1.26. The fraction of sp³-hybridized carbons (Fsp3) is 0.310. The second-order valence-electron chi connectivity index (χ2n) is 10.2. The Morgan fingerprint density at radius 1 is 1.10 bits per heavy atom. The highest BCUT2D eigenvalue weighted by molar-refractivity contribution is 7.13. The Morgan fingerprint density at radius 2 is 1.92 bits per heavy atom. The van der Waals surface area contributed by atoms with Crippen molar-refractivity contribution >= 4 is 22.4 Å². The number of para-hydroxylation sites is 1. The zero-order valence-corrected chi connectivity index (χ0v) is 22.3. The minimum Gasteiger partial charge on any atom is -0.487 e. The molecule has 200 valence electrons. The number of rotatable bonds is 6. The molecule has 4 aromatic rings. The predicted molar refractivity (Wildman–Crippen MR) is 145 cm³/mol. The summed E-state index contributed by atoms with van der Waals surface area (Å²) in [6.45, 7) is 5.02. The molecule has 8 nitrogen and oxygen atoms in total. The first-order valence-corrected chi connectivity index (χ1v) is 13.7. The zero-order chi connectivity index (χ0) is 27.0. The van der Waals surface area contributed by atoms with E-state index in [1.54, 1.807) is 17.6 Å². The van der Waals surface area contributed by atoms with Gasteiger partial charge in [-0.25, -0.2) is 9.37 Å². The number of nitrogens with one attached hydrogen (secondary N) is 1. The van der Waals surface area contributed by atoms with Crippen LogP contribution in [0.5, 0.6) is 17.4 Å². The summed E-state index contributed by atoms with van der Waals surface area (Å²) in [6.07, 6.45) is 1.42. The van der Waals surface area contributed by atoms with Crippen molar-refractivity contribution in [3.8, 4) is 28.6 Å². The van der Waals surface area contributed by atoms with Crippen LogP contribution in [0.25, 0.3) is 11.3 Å². The summed E-state index contributed by atoms with van der Waals surface area (Å²) in [5.41, 5.74) is 3.49. The van der Waals surface area contributed by atoms with E-state index in [0.29, 0.717) is 41.2 Å². The van der Waals surface area contributed by atoms with Gasteiger partial charge in [0, 0.05) is 35.4 Å². The average molecular weight is 547 g/mol. The number of hydrogen-bond donors (Lipinski definition) is 1. The number of nitrogens with zero attached hydrogens (tertiary/aromatic N) is 3. The van der Waals surface area contributed by atoms with Gasteiger partial charge in [0.25, 0.3) is 0 Å². The number of amides is 1. The fourth-order valence-electron chi connectivity index (χ4n) is 5.12. The zero-order valence-electron chi connectivity index (χ0n) is 21.5. The highest BCUT2D eigenvalue weighted by Gasteiger charge is 2.44. The van der Waals surface area contributed by atoms with Crippen molar-refractivity contribution in [2.24, 2.45) is 5.41 Å². The average Bonchev–Trinajstić information content (AvgIpc) is 3.46. The SMILES string of the molecule is CC(C)(C(=O)Nc1nncs1)[C@H]1c2ccccc2Oc2nc(-c3ccc(OC4CCOCC4)c(F)c3)ccc21. The lowest BCUT2D eigenvalue weighted by molar-refractivity contribution is -0.124. The van der Waals surface area contributed by atoms with Crippen molar-refractivity contribution in [1.82, 2.24) is 15.2 Å². The number of benzene rings is 2. The number of hydrogen-bond acceptors (Lipinski definition) is 8. The molecule has 0 spiro atoms. The normalized spacial score (nSPS) is 17.1. The van der Waals surface area contributed by atoms with Gasteiger partial charge < -0.3 is 19.5 Å². The first-order valence-electron chi connectivity index (χ1n) is 12.8. The monoisotopic (exact) mass is 546 g/mol. The van der Waals surface area contributed by atoms with Crippen LogP contribution in [-0.4, -0.2) is 40.4 Å². The number of anilines is 1. The summed E-state index contributed by atoms with van der Waals surface area (Å²) in [5, 5.41) is 11.1. The Bertz CT molecular complexity index is 1510. The van der Waals surface area contributed by atoms with Gasteiger partial charge in [-0.3, -0.25) is 4.79 Å². The van der Waals surface area contributed by atoms with Gasteiger partial charge in [0.05, 0.1) is 24.3 Å². The van der Waals surface area contributed by atoms with E-state index in [4.69, 9.17) is 19.2 Å². The highest BCUT2D eigenvalue weighted by atomic mass is 32.1. The molecule has 2 aromatic heterocycles. The number of ether oxygens (including phenoxy) is 3. The third-order valence-corrected chi connectivity index (χ3v) is 7.82. The smallest absolute Gasteiger partial charge is 0.232 e. The minimum absolute atomic E-state index is 0.0567. The molecule has 10 heteroatoms. The molecule has 1 atom stereocenters. The van der Waals surface area contributed by atoms with E-state index in [1.807, 2.05) is 50.2 Å². The first kappa shape index (κ1) is 25.4. The second-order valence-corrected chi connectivity index (χ2v) is 11.0. The Morgan fingerprint density at radius 3 is 2.69 bits per heavy atom. The second kappa shape index (κ2) is 10.3. The van der Waals surface area contributed by atoms with Gasteiger partial charge in [-0.2, -0.15) is 0 Å². The Labute approximate surface area is 229 Å². The quantitative estimate of drug-likeness (QED) is 0.308. The van der Waals surface area contributed by atoms with Crippen LogP contribution in [0.4, 0.5) is 9.52 Å². The van der Waals surface area contributed by atoms with Crippen LogP contribution in [0.1, 0.15) is 43.7 Å². The van der Waals surface area contributed by atoms with E-state index in [1.165, 1.54) is 17.4 Å². The van der Waals surface area contributed by atoms with Gasteiger partial charge in [0.15, 0.2) is 11.6 Å². The van der Waals surface area contributed by atoms with E-state index in [9.17, 15) is 4.79 Å². The lowest BCUT2D eigenvalue weighted by Gasteiger charge is -2.37. The minimum atomic E-state index is -0.890. The number of aromatic nitrogens is 3. The maximum Gasteiger partial charge on any atom is 0.232 e. The van der Waals surface area contributed by atoms with Gasteiger partial charge in [0.2, 0.25) is 16.9 Å². The molecule has 2 aliphatic rings. The van der Waals surface area contributed by atoms with Gasteiger partial charge in [0.1, 0.15) is 17.4 Å². The summed E-state index contributed by atoms with van der Waals surface area (Å²) in [6, 6.07) is 16.2. The van der Waals surface area contributed by atoms with Crippen molar-refractivity contribution in [3.63, 3.8) is 0 Å². The Balaban J connectivity index is 1.32. The summed E-state index contributed by atoms with van der Waals surface area (Å²) in [5.74, 6) is 0.241. The van der Waals surface area contributed by atoms with Crippen LogP contribution in [0, 0.1) is 11.2 Å². The number of fused-ring (bicyclic) bond motifs is 2.